The molecule has 0 spiro atoms. The fraction of sp³-hybridized carbons (Fsp3) is 0.233. The van der Waals surface area contributed by atoms with Crippen molar-refractivity contribution in [2.24, 2.45) is 0 Å². The highest BCUT2D eigenvalue weighted by molar-refractivity contribution is 9.10. The average molecular weight is 562 g/mol. The van der Waals surface area contributed by atoms with Gasteiger partial charge in [-0.25, -0.2) is 4.79 Å². The van der Waals surface area contributed by atoms with Crippen molar-refractivity contribution in [2.75, 3.05) is 12.0 Å². The number of aryl methyl sites for hydroxylation is 1. The number of methoxy groups -OCH3 is 1. The number of aliphatic hydroxyl groups excluding tert-OH is 1. The van der Waals surface area contributed by atoms with Crippen LogP contribution in [0.15, 0.2) is 76.8 Å². The first-order valence-electron chi connectivity index (χ1n) is 11.8. The van der Waals surface area contributed by atoms with Gasteiger partial charge in [-0.2, -0.15) is 0 Å². The summed E-state index contributed by atoms with van der Waals surface area (Å²) in [7, 11) is 1.29. The molecule has 0 radical (unpaired) electrons. The van der Waals surface area contributed by atoms with E-state index < -0.39 is 23.7 Å². The summed E-state index contributed by atoms with van der Waals surface area (Å²) in [6, 6.07) is 18.4. The van der Waals surface area contributed by atoms with E-state index in [0.717, 1.165) is 15.6 Å². The van der Waals surface area contributed by atoms with Gasteiger partial charge in [-0.15, -0.1) is 0 Å². The van der Waals surface area contributed by atoms with Gasteiger partial charge in [0, 0.05) is 15.7 Å². The normalized spacial score (nSPS) is 17.2. The number of hydrogen-bond acceptors (Lipinski definition) is 5. The van der Waals surface area contributed by atoms with E-state index in [1.165, 1.54) is 12.0 Å². The minimum atomic E-state index is -0.859. The molecule has 190 valence electrons. The monoisotopic (exact) mass is 561 g/mol. The SMILES string of the molecule is COC(=O)c1ccc(N2C(=O)C(=O)/C(=C(\O)c3ccc(Br)c(C)c3)C2c2ccc(C(C)(C)C)cc2)cc1. The van der Waals surface area contributed by atoms with E-state index in [1.54, 1.807) is 42.5 Å². The predicted molar refractivity (Wildman–Crippen MR) is 147 cm³/mol. The number of carbonyl (C=O) groups excluding carboxylic acids is 3. The van der Waals surface area contributed by atoms with Crippen molar-refractivity contribution >= 4 is 45.0 Å². The zero-order valence-corrected chi connectivity index (χ0v) is 22.9. The topological polar surface area (TPSA) is 83.9 Å². The van der Waals surface area contributed by atoms with E-state index in [2.05, 4.69) is 36.7 Å². The van der Waals surface area contributed by atoms with Crippen molar-refractivity contribution in [1.29, 1.82) is 0 Å². The van der Waals surface area contributed by atoms with Gasteiger partial charge in [0.1, 0.15) is 5.76 Å². The standard InChI is InChI=1S/C30H28BrNO5/c1-17-16-20(10-15-23(17)31)26(33)24-25(18-6-11-21(12-7-18)30(2,3)4)32(28(35)27(24)34)22-13-8-19(9-14-22)29(36)37-5/h6-16,25,33H,1-5H3/b26-24-. The van der Waals surface area contributed by atoms with Crippen LogP contribution < -0.4 is 4.90 Å². The molecule has 1 fully saturated rings. The molecule has 1 unspecified atom stereocenters. The van der Waals surface area contributed by atoms with Gasteiger partial charge >= 0.3 is 5.97 Å². The number of ketones is 1. The number of halogens is 1. The summed E-state index contributed by atoms with van der Waals surface area (Å²) >= 11 is 3.46. The Morgan fingerprint density at radius 2 is 1.54 bits per heavy atom. The average Bonchev–Trinajstić information content (AvgIpc) is 3.14. The summed E-state index contributed by atoms with van der Waals surface area (Å²) < 4.78 is 5.63. The van der Waals surface area contributed by atoms with Crippen LogP contribution in [0.25, 0.3) is 5.76 Å². The Labute approximate surface area is 224 Å². The molecule has 1 amide bonds. The first-order valence-corrected chi connectivity index (χ1v) is 12.6. The van der Waals surface area contributed by atoms with Crippen molar-refractivity contribution in [3.8, 4) is 0 Å². The summed E-state index contributed by atoms with van der Waals surface area (Å²) in [6.07, 6.45) is 0. The van der Waals surface area contributed by atoms with E-state index in [-0.39, 0.29) is 16.7 Å². The van der Waals surface area contributed by atoms with Crippen molar-refractivity contribution < 1.29 is 24.2 Å². The number of rotatable bonds is 4. The van der Waals surface area contributed by atoms with Crippen LogP contribution in [0.1, 0.15) is 59.4 Å². The molecule has 1 saturated heterocycles. The lowest BCUT2D eigenvalue weighted by Crippen LogP contribution is -2.29. The lowest BCUT2D eigenvalue weighted by atomic mass is 9.85. The van der Waals surface area contributed by atoms with Gasteiger partial charge in [0.25, 0.3) is 11.7 Å². The number of hydrogen-bond donors (Lipinski definition) is 1. The maximum absolute atomic E-state index is 13.4. The summed E-state index contributed by atoms with van der Waals surface area (Å²) in [5.74, 6) is -2.29. The highest BCUT2D eigenvalue weighted by atomic mass is 79.9. The number of benzene rings is 3. The van der Waals surface area contributed by atoms with Gasteiger partial charge in [0.2, 0.25) is 0 Å². The van der Waals surface area contributed by atoms with Gasteiger partial charge in [0.15, 0.2) is 0 Å². The molecule has 0 saturated carbocycles. The smallest absolute Gasteiger partial charge is 0.337 e. The number of anilines is 1. The highest BCUT2D eigenvalue weighted by Gasteiger charge is 2.47. The minimum Gasteiger partial charge on any atom is -0.507 e. The molecule has 0 aliphatic carbocycles. The maximum atomic E-state index is 13.4. The zero-order chi connectivity index (χ0) is 27.1. The Bertz CT molecular complexity index is 1420. The lowest BCUT2D eigenvalue weighted by molar-refractivity contribution is -0.132. The second-order valence-corrected chi connectivity index (χ2v) is 10.9. The quantitative estimate of drug-likeness (QED) is 0.171. The van der Waals surface area contributed by atoms with Gasteiger partial charge in [-0.3, -0.25) is 14.5 Å². The number of nitrogens with zero attached hydrogens (tertiary/aromatic N) is 1. The molecule has 4 rings (SSSR count). The molecular weight excluding hydrogens is 534 g/mol. The lowest BCUT2D eigenvalue weighted by Gasteiger charge is -2.26. The number of ether oxygens (including phenoxy) is 1. The third-order valence-corrected chi connectivity index (χ3v) is 7.42. The predicted octanol–water partition coefficient (Wildman–Crippen LogP) is 6.47. The van der Waals surface area contributed by atoms with Gasteiger partial charge in [0.05, 0.1) is 24.3 Å². The molecule has 7 heteroatoms. The van der Waals surface area contributed by atoms with E-state index in [1.807, 2.05) is 31.2 Å². The number of esters is 1. The molecule has 1 aliphatic heterocycles. The summed E-state index contributed by atoms with van der Waals surface area (Å²) in [5, 5.41) is 11.4. The molecule has 0 aromatic heterocycles. The fourth-order valence-corrected chi connectivity index (χ4v) is 4.65. The van der Waals surface area contributed by atoms with Gasteiger partial charge in [-0.05, 0) is 65.4 Å². The third kappa shape index (κ3) is 4.96. The van der Waals surface area contributed by atoms with Gasteiger partial charge in [-0.1, -0.05) is 67.0 Å². The molecule has 3 aromatic carbocycles. The van der Waals surface area contributed by atoms with Crippen molar-refractivity contribution in [1.82, 2.24) is 0 Å². The molecule has 3 aromatic rings. The van der Waals surface area contributed by atoms with Gasteiger partial charge < -0.3 is 9.84 Å². The van der Waals surface area contributed by atoms with Crippen molar-refractivity contribution in [3.63, 3.8) is 0 Å². The van der Waals surface area contributed by atoms with Crippen LogP contribution in [0.5, 0.6) is 0 Å². The summed E-state index contributed by atoms with van der Waals surface area (Å²) in [5.41, 5.74) is 3.76. The molecule has 37 heavy (non-hydrogen) atoms. The summed E-state index contributed by atoms with van der Waals surface area (Å²) in [6.45, 7) is 8.19. The minimum absolute atomic E-state index is 0.00674. The van der Waals surface area contributed by atoms with E-state index >= 15 is 0 Å². The van der Waals surface area contributed by atoms with Crippen LogP contribution in [0.4, 0.5) is 5.69 Å². The number of Topliss-reactive ketones (excluding diaryl/α,β-unsaturated/α-hetero) is 1. The highest BCUT2D eigenvalue weighted by Crippen LogP contribution is 2.43. The van der Waals surface area contributed by atoms with Crippen molar-refractivity contribution in [2.45, 2.75) is 39.2 Å². The number of aliphatic hydroxyl groups is 1. The Kier molecular flexibility index (Phi) is 7.11. The van der Waals surface area contributed by atoms with E-state index in [4.69, 9.17) is 4.74 Å². The maximum Gasteiger partial charge on any atom is 0.337 e. The van der Waals surface area contributed by atoms with Crippen LogP contribution in [-0.2, 0) is 19.7 Å². The summed E-state index contributed by atoms with van der Waals surface area (Å²) in [4.78, 5) is 40.1. The second kappa shape index (κ2) is 9.98. The Hall–Kier alpha value is -3.71. The second-order valence-electron chi connectivity index (χ2n) is 10.0. The zero-order valence-electron chi connectivity index (χ0n) is 21.3. The molecule has 1 N–H and O–H groups in total. The first kappa shape index (κ1) is 26.4. The number of carbonyl (C=O) groups is 3. The third-order valence-electron chi connectivity index (χ3n) is 6.53. The largest absolute Gasteiger partial charge is 0.507 e. The Morgan fingerprint density at radius 1 is 0.946 bits per heavy atom. The number of amides is 1. The van der Waals surface area contributed by atoms with Crippen LogP contribution in [-0.4, -0.2) is 29.9 Å². The molecule has 1 heterocycles. The Morgan fingerprint density at radius 3 is 2.08 bits per heavy atom. The first-order chi connectivity index (χ1) is 17.4. The molecular formula is C30H28BrNO5. The van der Waals surface area contributed by atoms with Crippen molar-refractivity contribution in [3.05, 3.63) is 105 Å². The molecule has 1 atom stereocenters. The van der Waals surface area contributed by atoms with Crippen LogP contribution in [0.2, 0.25) is 0 Å². The molecule has 6 nitrogen and oxygen atoms in total. The van der Waals surface area contributed by atoms with Crippen LogP contribution >= 0.6 is 15.9 Å². The molecule has 1 aliphatic rings. The van der Waals surface area contributed by atoms with Crippen LogP contribution in [0, 0.1) is 6.92 Å². The van der Waals surface area contributed by atoms with E-state index in [0.29, 0.717) is 22.4 Å². The fourth-order valence-electron chi connectivity index (χ4n) is 4.40. The van der Waals surface area contributed by atoms with Crippen LogP contribution in [0.3, 0.4) is 0 Å². The molecule has 0 bridgehead atoms. The Balaban J connectivity index is 1.91. The van der Waals surface area contributed by atoms with E-state index in [9.17, 15) is 19.5 Å².